The second kappa shape index (κ2) is 11.2. The number of rotatable bonds is 7. The van der Waals surface area contributed by atoms with Gasteiger partial charge in [-0.05, 0) is 111 Å². The molecule has 2 heteroatoms. The predicted molar refractivity (Wildman–Crippen MR) is 132 cm³/mol. The van der Waals surface area contributed by atoms with Gasteiger partial charge in [-0.2, -0.15) is 0 Å². The molecule has 32 heavy (non-hydrogen) atoms. The van der Waals surface area contributed by atoms with Crippen LogP contribution in [0, 0.1) is 11.8 Å². The molecule has 2 aliphatic rings. The summed E-state index contributed by atoms with van der Waals surface area (Å²) in [6.45, 7) is 4.53. The van der Waals surface area contributed by atoms with Crippen molar-refractivity contribution in [2.45, 2.75) is 96.3 Å². The van der Waals surface area contributed by atoms with Crippen LogP contribution in [0.2, 0.25) is 0 Å². The van der Waals surface area contributed by atoms with E-state index in [1.807, 2.05) is 12.1 Å². The van der Waals surface area contributed by atoms with Crippen LogP contribution in [0.5, 0.6) is 5.75 Å². The van der Waals surface area contributed by atoms with Gasteiger partial charge in [0.1, 0.15) is 5.75 Å². The Kier molecular flexibility index (Phi) is 8.05. The van der Waals surface area contributed by atoms with Gasteiger partial charge in [0.25, 0.3) is 0 Å². The van der Waals surface area contributed by atoms with Gasteiger partial charge in [-0.1, -0.05) is 56.7 Å². The number of hydrogen-bond donors (Lipinski definition) is 0. The third-order valence-corrected chi connectivity index (χ3v) is 7.92. The van der Waals surface area contributed by atoms with E-state index in [-0.39, 0.29) is 11.9 Å². The fourth-order valence-electron chi connectivity index (χ4n) is 5.60. The fourth-order valence-corrected chi connectivity index (χ4v) is 5.60. The van der Waals surface area contributed by atoms with Crippen LogP contribution in [-0.2, 0) is 11.2 Å². The first-order valence-electron chi connectivity index (χ1n) is 13.0. The van der Waals surface area contributed by atoms with Crippen molar-refractivity contribution in [1.82, 2.24) is 0 Å². The molecular formula is C30H40O2. The highest BCUT2D eigenvalue weighted by Gasteiger charge is 2.26. The van der Waals surface area contributed by atoms with E-state index in [1.165, 1.54) is 61.6 Å². The molecule has 0 aromatic heterocycles. The van der Waals surface area contributed by atoms with E-state index in [4.69, 9.17) is 4.74 Å². The van der Waals surface area contributed by atoms with Crippen molar-refractivity contribution < 1.29 is 9.53 Å². The Labute approximate surface area is 194 Å². The number of unbranched alkanes of at least 4 members (excludes halogenated alkanes) is 1. The zero-order valence-electron chi connectivity index (χ0n) is 20.0. The van der Waals surface area contributed by atoms with Crippen molar-refractivity contribution in [3.63, 3.8) is 0 Å². The zero-order chi connectivity index (χ0) is 22.3. The maximum atomic E-state index is 12.5. The minimum atomic E-state index is -0.0362. The molecule has 4 rings (SSSR count). The topological polar surface area (TPSA) is 26.3 Å². The summed E-state index contributed by atoms with van der Waals surface area (Å²) < 4.78 is 5.70. The zero-order valence-corrected chi connectivity index (χ0v) is 20.0. The van der Waals surface area contributed by atoms with E-state index >= 15 is 0 Å². The third kappa shape index (κ3) is 6.03. The summed E-state index contributed by atoms with van der Waals surface area (Å²) in [7, 11) is 0. The third-order valence-electron chi connectivity index (χ3n) is 7.92. The van der Waals surface area contributed by atoms with Gasteiger partial charge in [-0.3, -0.25) is 4.79 Å². The Hall–Kier alpha value is -2.09. The average molecular weight is 433 g/mol. The van der Waals surface area contributed by atoms with Gasteiger partial charge < -0.3 is 4.74 Å². The SMILES string of the molecule is CCCCc1ccc(C2CCC(c3ccc(OC(=O)C4CCC(C)CC4)cc3)CC2)cc1. The van der Waals surface area contributed by atoms with Crippen molar-refractivity contribution >= 4 is 5.97 Å². The lowest BCUT2D eigenvalue weighted by molar-refractivity contribution is -0.140. The van der Waals surface area contributed by atoms with Gasteiger partial charge in [0.05, 0.1) is 5.92 Å². The molecular weight excluding hydrogens is 392 g/mol. The number of esters is 1. The largest absolute Gasteiger partial charge is 0.426 e. The Bertz CT molecular complexity index is 835. The highest BCUT2D eigenvalue weighted by Crippen LogP contribution is 2.41. The summed E-state index contributed by atoms with van der Waals surface area (Å²) in [4.78, 5) is 12.5. The quantitative estimate of drug-likeness (QED) is 0.325. The molecule has 2 nitrogen and oxygen atoms in total. The van der Waals surface area contributed by atoms with E-state index in [1.54, 1.807) is 0 Å². The van der Waals surface area contributed by atoms with E-state index < -0.39 is 0 Å². The molecule has 0 radical (unpaired) electrons. The molecule has 0 unspecified atom stereocenters. The van der Waals surface area contributed by atoms with Crippen LogP contribution in [-0.4, -0.2) is 5.97 Å². The van der Waals surface area contributed by atoms with E-state index in [9.17, 15) is 4.79 Å². The van der Waals surface area contributed by atoms with Crippen LogP contribution in [0.1, 0.15) is 107 Å². The van der Waals surface area contributed by atoms with E-state index in [0.29, 0.717) is 17.6 Å². The predicted octanol–water partition coefficient (Wildman–Crippen LogP) is 8.20. The van der Waals surface area contributed by atoms with Gasteiger partial charge >= 0.3 is 5.97 Å². The van der Waals surface area contributed by atoms with Crippen molar-refractivity contribution in [2.75, 3.05) is 0 Å². The monoisotopic (exact) mass is 432 g/mol. The summed E-state index contributed by atoms with van der Waals surface area (Å²) in [6, 6.07) is 17.8. The summed E-state index contributed by atoms with van der Waals surface area (Å²) in [5.74, 6) is 2.82. The van der Waals surface area contributed by atoms with Crippen LogP contribution < -0.4 is 4.74 Å². The van der Waals surface area contributed by atoms with Gasteiger partial charge in [-0.25, -0.2) is 0 Å². The normalized spacial score (nSPS) is 25.9. The molecule has 2 aromatic carbocycles. The van der Waals surface area contributed by atoms with Gasteiger partial charge in [0, 0.05) is 0 Å². The molecule has 2 saturated carbocycles. The van der Waals surface area contributed by atoms with E-state index in [2.05, 4.69) is 50.2 Å². The molecule has 0 heterocycles. The smallest absolute Gasteiger partial charge is 0.314 e. The first-order chi connectivity index (χ1) is 15.6. The Morgan fingerprint density at radius 3 is 1.84 bits per heavy atom. The van der Waals surface area contributed by atoms with Gasteiger partial charge in [0.15, 0.2) is 0 Å². The lowest BCUT2D eigenvalue weighted by Gasteiger charge is -2.29. The Morgan fingerprint density at radius 1 is 0.781 bits per heavy atom. The summed E-state index contributed by atoms with van der Waals surface area (Å²) in [5, 5.41) is 0. The maximum Gasteiger partial charge on any atom is 0.314 e. The van der Waals surface area contributed by atoms with Crippen LogP contribution in [0.25, 0.3) is 0 Å². The summed E-state index contributed by atoms with van der Waals surface area (Å²) >= 11 is 0. The number of carbonyl (C=O) groups excluding carboxylic acids is 1. The van der Waals surface area contributed by atoms with Crippen molar-refractivity contribution in [2.24, 2.45) is 11.8 Å². The first-order valence-corrected chi connectivity index (χ1v) is 13.0. The molecule has 172 valence electrons. The molecule has 0 bridgehead atoms. The van der Waals surface area contributed by atoms with Crippen molar-refractivity contribution in [3.05, 3.63) is 65.2 Å². The Morgan fingerprint density at radius 2 is 1.31 bits per heavy atom. The van der Waals surface area contributed by atoms with Gasteiger partial charge in [-0.15, -0.1) is 0 Å². The van der Waals surface area contributed by atoms with Crippen LogP contribution in [0.3, 0.4) is 0 Å². The molecule has 2 aromatic rings. The maximum absolute atomic E-state index is 12.5. The molecule has 2 fully saturated rings. The fraction of sp³-hybridized carbons (Fsp3) is 0.567. The minimum absolute atomic E-state index is 0.0362. The molecule has 0 saturated heterocycles. The molecule has 0 atom stereocenters. The standard InChI is InChI=1S/C30H40O2/c1-3-4-5-23-8-12-24(13-9-23)25-14-16-26(17-15-25)27-18-20-29(21-19-27)32-30(31)28-10-6-22(2)7-11-28/h8-9,12-13,18-22,25-26,28H,3-7,10-11,14-17H2,1-2H3. The second-order valence-electron chi connectivity index (χ2n) is 10.3. The summed E-state index contributed by atoms with van der Waals surface area (Å²) in [6.07, 6.45) is 13.0. The Balaban J connectivity index is 1.26. The van der Waals surface area contributed by atoms with Crippen molar-refractivity contribution in [1.29, 1.82) is 0 Å². The average Bonchev–Trinajstić information content (AvgIpc) is 2.84. The minimum Gasteiger partial charge on any atom is -0.426 e. The van der Waals surface area contributed by atoms with Gasteiger partial charge in [0.2, 0.25) is 0 Å². The van der Waals surface area contributed by atoms with Crippen LogP contribution in [0.4, 0.5) is 0 Å². The number of hydrogen-bond acceptors (Lipinski definition) is 2. The number of carbonyl (C=O) groups is 1. The van der Waals surface area contributed by atoms with Crippen molar-refractivity contribution in [3.8, 4) is 5.75 Å². The highest BCUT2D eigenvalue weighted by atomic mass is 16.5. The highest BCUT2D eigenvalue weighted by molar-refractivity contribution is 5.75. The second-order valence-corrected chi connectivity index (χ2v) is 10.3. The lowest BCUT2D eigenvalue weighted by atomic mass is 9.76. The van der Waals surface area contributed by atoms with E-state index in [0.717, 1.165) is 31.6 Å². The number of benzene rings is 2. The molecule has 0 aliphatic heterocycles. The lowest BCUT2D eigenvalue weighted by Crippen LogP contribution is -2.24. The number of ether oxygens (including phenoxy) is 1. The first kappa shape index (κ1) is 23.1. The van der Waals surface area contributed by atoms with Crippen LogP contribution in [0.15, 0.2) is 48.5 Å². The summed E-state index contributed by atoms with van der Waals surface area (Å²) in [5.41, 5.74) is 4.39. The molecule has 0 amide bonds. The number of aryl methyl sites for hydroxylation is 1. The molecule has 0 spiro atoms. The van der Waals surface area contributed by atoms with Crippen LogP contribution >= 0.6 is 0 Å². The molecule has 0 N–H and O–H groups in total. The molecule has 2 aliphatic carbocycles.